The Kier molecular flexibility index (Phi) is 6.94. The fraction of sp³-hybridized carbons (Fsp3) is 0.538. The third kappa shape index (κ3) is 5.71. The van der Waals surface area contributed by atoms with Gasteiger partial charge in [0.25, 0.3) is 0 Å². The average molecular weight is 488 g/mol. The van der Waals surface area contributed by atoms with Crippen molar-refractivity contribution in [1.82, 2.24) is 14.8 Å². The molecular weight excluding hydrogens is 457 g/mol. The number of nitrogens with zero attached hydrogens (tertiary/aromatic N) is 3. The van der Waals surface area contributed by atoms with Crippen LogP contribution in [0.1, 0.15) is 43.4 Å². The van der Waals surface area contributed by atoms with Crippen molar-refractivity contribution in [3.05, 3.63) is 63.9 Å². The van der Waals surface area contributed by atoms with E-state index in [1.165, 1.54) is 12.8 Å². The Morgan fingerprint density at radius 3 is 2.61 bits per heavy atom. The number of amides is 1. The SMILES string of the molecule is O=C1N(CC2CC2)C[C@@H](OCc2ccc(Cl)cc2)C[C@@]12CCCN(Cc1ccc(Cl)cn1)C2. The molecular formula is C26H31Cl2N3O2. The molecule has 0 bridgehead atoms. The van der Waals surface area contributed by atoms with Crippen molar-refractivity contribution in [3.63, 3.8) is 0 Å². The molecule has 3 fully saturated rings. The van der Waals surface area contributed by atoms with Crippen molar-refractivity contribution < 1.29 is 9.53 Å². The van der Waals surface area contributed by atoms with E-state index in [0.717, 1.165) is 61.7 Å². The molecule has 7 heteroatoms. The number of benzene rings is 1. The number of rotatable bonds is 7. The molecule has 33 heavy (non-hydrogen) atoms. The van der Waals surface area contributed by atoms with Crippen LogP contribution in [0.25, 0.3) is 0 Å². The quantitative estimate of drug-likeness (QED) is 0.538. The second-order valence-electron chi connectivity index (χ2n) is 9.98. The van der Waals surface area contributed by atoms with Crippen LogP contribution >= 0.6 is 23.2 Å². The lowest BCUT2D eigenvalue weighted by Gasteiger charge is -2.49. The number of hydrogen-bond donors (Lipinski definition) is 0. The lowest BCUT2D eigenvalue weighted by atomic mass is 9.72. The van der Waals surface area contributed by atoms with Gasteiger partial charge in [-0.15, -0.1) is 0 Å². The van der Waals surface area contributed by atoms with Crippen molar-refractivity contribution >= 4 is 29.1 Å². The van der Waals surface area contributed by atoms with Gasteiger partial charge in [0.15, 0.2) is 0 Å². The standard InChI is InChI=1S/C26H31Cl2N3O2/c27-21-6-4-20(5-7-21)17-33-24-12-26(25(32)31(16-24)14-19-2-3-19)10-1-11-30(18-26)15-23-9-8-22(28)13-29-23/h4-9,13,19,24H,1-3,10-12,14-18H2/t24-,26+/m0/s1. The number of likely N-dealkylation sites (tertiary alicyclic amines) is 2. The molecule has 1 aliphatic carbocycles. The van der Waals surface area contributed by atoms with Crippen LogP contribution in [0.3, 0.4) is 0 Å². The molecule has 0 N–H and O–H groups in total. The molecule has 0 radical (unpaired) electrons. The van der Waals surface area contributed by atoms with Crippen LogP contribution in [0.15, 0.2) is 42.6 Å². The lowest BCUT2D eigenvalue weighted by Crippen LogP contribution is -2.60. The molecule has 3 aliphatic rings. The molecule has 2 saturated heterocycles. The van der Waals surface area contributed by atoms with Crippen LogP contribution in [0.5, 0.6) is 0 Å². The summed E-state index contributed by atoms with van der Waals surface area (Å²) < 4.78 is 6.40. The van der Waals surface area contributed by atoms with E-state index in [-0.39, 0.29) is 11.5 Å². The van der Waals surface area contributed by atoms with E-state index in [0.29, 0.717) is 30.0 Å². The van der Waals surface area contributed by atoms with Gasteiger partial charge in [-0.2, -0.15) is 0 Å². The summed E-state index contributed by atoms with van der Waals surface area (Å²) in [6, 6.07) is 11.7. The summed E-state index contributed by atoms with van der Waals surface area (Å²) in [5, 5.41) is 1.38. The normalized spacial score (nSPS) is 26.2. The topological polar surface area (TPSA) is 45.7 Å². The van der Waals surface area contributed by atoms with Crippen molar-refractivity contribution in [3.8, 4) is 0 Å². The predicted molar refractivity (Wildman–Crippen MR) is 130 cm³/mol. The molecule has 1 spiro atoms. The minimum Gasteiger partial charge on any atom is -0.372 e. The maximum atomic E-state index is 13.8. The number of hydrogen-bond acceptors (Lipinski definition) is 4. The van der Waals surface area contributed by atoms with E-state index in [1.54, 1.807) is 6.20 Å². The molecule has 1 aromatic heterocycles. The van der Waals surface area contributed by atoms with Gasteiger partial charge in [0.05, 0.1) is 28.8 Å². The molecule has 176 valence electrons. The van der Waals surface area contributed by atoms with E-state index >= 15 is 0 Å². The summed E-state index contributed by atoms with van der Waals surface area (Å²) >= 11 is 12.0. The summed E-state index contributed by atoms with van der Waals surface area (Å²) in [5.41, 5.74) is 1.73. The van der Waals surface area contributed by atoms with E-state index in [2.05, 4.69) is 14.8 Å². The molecule has 2 atom stereocenters. The third-order valence-electron chi connectivity index (χ3n) is 7.19. The predicted octanol–water partition coefficient (Wildman–Crippen LogP) is 5.20. The van der Waals surface area contributed by atoms with Gasteiger partial charge in [-0.1, -0.05) is 35.3 Å². The van der Waals surface area contributed by atoms with Crippen LogP contribution in [0.2, 0.25) is 10.0 Å². The van der Waals surface area contributed by atoms with Gasteiger partial charge in [-0.25, -0.2) is 0 Å². The van der Waals surface area contributed by atoms with Crippen LogP contribution in [-0.2, 0) is 22.7 Å². The molecule has 1 amide bonds. The molecule has 5 rings (SSSR count). The van der Waals surface area contributed by atoms with Gasteiger partial charge in [-0.3, -0.25) is 14.7 Å². The Hall–Kier alpha value is -1.66. The first-order valence-corrected chi connectivity index (χ1v) is 12.7. The zero-order chi connectivity index (χ0) is 22.8. The van der Waals surface area contributed by atoms with Gasteiger partial charge in [-0.05, 0) is 74.4 Å². The zero-order valence-corrected chi connectivity index (χ0v) is 20.4. The van der Waals surface area contributed by atoms with Gasteiger partial charge in [0, 0.05) is 37.4 Å². The summed E-state index contributed by atoms with van der Waals surface area (Å²) in [6.07, 6.45) is 6.94. The van der Waals surface area contributed by atoms with Crippen LogP contribution < -0.4 is 0 Å². The largest absolute Gasteiger partial charge is 0.372 e. The lowest BCUT2D eigenvalue weighted by molar-refractivity contribution is -0.161. The number of ether oxygens (including phenoxy) is 1. The van der Waals surface area contributed by atoms with Gasteiger partial charge in [0.1, 0.15) is 0 Å². The molecule has 5 nitrogen and oxygen atoms in total. The van der Waals surface area contributed by atoms with E-state index < -0.39 is 0 Å². The Bertz CT molecular complexity index is 965. The molecule has 1 aromatic carbocycles. The highest BCUT2D eigenvalue weighted by Gasteiger charge is 2.50. The fourth-order valence-corrected chi connectivity index (χ4v) is 5.60. The summed E-state index contributed by atoms with van der Waals surface area (Å²) in [6.45, 7) is 4.60. The Labute approximate surface area is 206 Å². The minimum atomic E-state index is -0.373. The maximum Gasteiger partial charge on any atom is 0.230 e. The number of pyridine rings is 1. The number of carbonyl (C=O) groups is 1. The minimum absolute atomic E-state index is 0.0470. The molecule has 2 aromatic rings. The molecule has 1 saturated carbocycles. The van der Waals surface area contributed by atoms with Gasteiger partial charge >= 0.3 is 0 Å². The number of halogens is 2. The number of aromatic nitrogens is 1. The summed E-state index contributed by atoms with van der Waals surface area (Å²) in [7, 11) is 0. The first-order chi connectivity index (χ1) is 16.0. The molecule has 2 aliphatic heterocycles. The Balaban J connectivity index is 1.30. The highest BCUT2D eigenvalue weighted by molar-refractivity contribution is 6.30. The highest BCUT2D eigenvalue weighted by Crippen LogP contribution is 2.42. The smallest absolute Gasteiger partial charge is 0.230 e. The third-order valence-corrected chi connectivity index (χ3v) is 7.66. The van der Waals surface area contributed by atoms with Crippen molar-refractivity contribution in [2.75, 3.05) is 26.2 Å². The maximum absolute atomic E-state index is 13.8. The summed E-state index contributed by atoms with van der Waals surface area (Å²) in [5.74, 6) is 0.994. The second-order valence-corrected chi connectivity index (χ2v) is 10.9. The van der Waals surface area contributed by atoms with Crippen LogP contribution in [0, 0.1) is 11.3 Å². The van der Waals surface area contributed by atoms with Crippen LogP contribution in [-0.4, -0.2) is 53.0 Å². The Morgan fingerprint density at radius 1 is 1.09 bits per heavy atom. The number of carbonyl (C=O) groups excluding carboxylic acids is 1. The van der Waals surface area contributed by atoms with Crippen molar-refractivity contribution in [2.24, 2.45) is 11.3 Å². The molecule has 3 heterocycles. The monoisotopic (exact) mass is 487 g/mol. The summed E-state index contributed by atoms with van der Waals surface area (Å²) in [4.78, 5) is 22.7. The first-order valence-electron chi connectivity index (χ1n) is 12.0. The Morgan fingerprint density at radius 2 is 1.88 bits per heavy atom. The fourth-order valence-electron chi connectivity index (χ4n) is 5.36. The van der Waals surface area contributed by atoms with E-state index in [4.69, 9.17) is 27.9 Å². The van der Waals surface area contributed by atoms with E-state index in [9.17, 15) is 4.79 Å². The average Bonchev–Trinajstić information content (AvgIpc) is 3.63. The first kappa shape index (κ1) is 23.1. The van der Waals surface area contributed by atoms with Crippen LogP contribution in [0.4, 0.5) is 0 Å². The van der Waals surface area contributed by atoms with Gasteiger partial charge < -0.3 is 9.64 Å². The second kappa shape index (κ2) is 9.91. The van der Waals surface area contributed by atoms with Crippen molar-refractivity contribution in [1.29, 1.82) is 0 Å². The van der Waals surface area contributed by atoms with E-state index in [1.807, 2.05) is 36.4 Å². The highest BCUT2D eigenvalue weighted by atomic mass is 35.5. The van der Waals surface area contributed by atoms with Gasteiger partial charge in [0.2, 0.25) is 5.91 Å². The van der Waals surface area contributed by atoms with Crippen molar-refractivity contribution in [2.45, 2.75) is 51.4 Å². The number of piperidine rings is 2. The zero-order valence-electron chi connectivity index (χ0n) is 18.9. The molecule has 0 unspecified atom stereocenters.